The van der Waals surface area contributed by atoms with Crippen LogP contribution in [0.2, 0.25) is 0 Å². The first-order valence-corrected chi connectivity index (χ1v) is 5.43. The first kappa shape index (κ1) is 11.5. The molecule has 1 heterocycles. The molecular formula is C13H15N3O. The number of aromatic nitrogens is 2. The Kier molecular flexibility index (Phi) is 2.81. The van der Waals surface area contributed by atoms with Gasteiger partial charge in [0.2, 0.25) is 0 Å². The Morgan fingerprint density at radius 2 is 1.88 bits per heavy atom. The van der Waals surface area contributed by atoms with Crippen molar-refractivity contribution in [2.24, 2.45) is 5.73 Å². The third-order valence-electron chi connectivity index (χ3n) is 2.42. The van der Waals surface area contributed by atoms with Crippen LogP contribution in [0.4, 0.5) is 0 Å². The summed E-state index contributed by atoms with van der Waals surface area (Å²) in [7, 11) is 0. The van der Waals surface area contributed by atoms with E-state index in [-0.39, 0.29) is 5.56 Å². The summed E-state index contributed by atoms with van der Waals surface area (Å²) in [6.07, 6.45) is 0. The van der Waals surface area contributed by atoms with Crippen molar-refractivity contribution >= 4 is 0 Å². The number of rotatable bonds is 2. The van der Waals surface area contributed by atoms with Crippen LogP contribution in [0.3, 0.4) is 0 Å². The van der Waals surface area contributed by atoms with Gasteiger partial charge in [0.15, 0.2) is 0 Å². The lowest BCUT2D eigenvalue weighted by Crippen LogP contribution is -2.33. The van der Waals surface area contributed by atoms with Crippen molar-refractivity contribution in [3.63, 3.8) is 0 Å². The molecule has 4 heteroatoms. The first-order chi connectivity index (χ1) is 7.97. The van der Waals surface area contributed by atoms with Crippen molar-refractivity contribution in [3.8, 4) is 11.3 Å². The SMILES string of the molecule is CC(C)(N)c1nc(-c2ccccc2)cc(=O)[nH]1. The predicted molar refractivity (Wildman–Crippen MR) is 67.5 cm³/mol. The molecule has 88 valence electrons. The molecule has 1 aromatic carbocycles. The van der Waals surface area contributed by atoms with Crippen LogP contribution in [0.5, 0.6) is 0 Å². The molecule has 0 amide bonds. The van der Waals surface area contributed by atoms with Crippen molar-refractivity contribution in [1.82, 2.24) is 9.97 Å². The molecule has 0 bridgehead atoms. The Labute approximate surface area is 99.5 Å². The number of hydrogen-bond acceptors (Lipinski definition) is 3. The lowest BCUT2D eigenvalue weighted by Gasteiger charge is -2.17. The number of hydrogen-bond donors (Lipinski definition) is 2. The van der Waals surface area contributed by atoms with Gasteiger partial charge in [-0.05, 0) is 13.8 Å². The summed E-state index contributed by atoms with van der Waals surface area (Å²) in [5.41, 5.74) is 6.64. The number of H-pyrrole nitrogens is 1. The van der Waals surface area contributed by atoms with E-state index in [1.54, 1.807) is 13.8 Å². The van der Waals surface area contributed by atoms with Crippen LogP contribution in [0.25, 0.3) is 11.3 Å². The second-order valence-electron chi connectivity index (χ2n) is 4.57. The van der Waals surface area contributed by atoms with E-state index in [0.717, 1.165) is 5.56 Å². The largest absolute Gasteiger partial charge is 0.319 e. The fraction of sp³-hybridized carbons (Fsp3) is 0.231. The molecule has 0 fully saturated rings. The van der Waals surface area contributed by atoms with Gasteiger partial charge in [0, 0.05) is 11.6 Å². The van der Waals surface area contributed by atoms with Gasteiger partial charge in [0.05, 0.1) is 11.2 Å². The van der Waals surface area contributed by atoms with Gasteiger partial charge in [-0.25, -0.2) is 4.98 Å². The van der Waals surface area contributed by atoms with Gasteiger partial charge < -0.3 is 10.7 Å². The van der Waals surface area contributed by atoms with E-state index in [4.69, 9.17) is 5.73 Å². The van der Waals surface area contributed by atoms with Crippen LogP contribution in [0.15, 0.2) is 41.2 Å². The van der Waals surface area contributed by atoms with Crippen LogP contribution in [-0.4, -0.2) is 9.97 Å². The zero-order valence-electron chi connectivity index (χ0n) is 9.90. The standard InChI is InChI=1S/C13H15N3O/c1-13(2,14)12-15-10(8-11(17)16-12)9-6-4-3-5-7-9/h3-8H,14H2,1-2H3,(H,15,16,17). The van der Waals surface area contributed by atoms with E-state index in [1.807, 2.05) is 30.3 Å². The number of nitrogens with zero attached hydrogens (tertiary/aromatic N) is 1. The lowest BCUT2D eigenvalue weighted by atomic mass is 10.1. The minimum Gasteiger partial charge on any atom is -0.319 e. The fourth-order valence-corrected chi connectivity index (χ4v) is 1.52. The maximum Gasteiger partial charge on any atom is 0.251 e. The molecule has 0 saturated heterocycles. The summed E-state index contributed by atoms with van der Waals surface area (Å²) < 4.78 is 0. The van der Waals surface area contributed by atoms with Gasteiger partial charge in [-0.3, -0.25) is 4.79 Å². The number of benzene rings is 1. The topological polar surface area (TPSA) is 71.8 Å². The zero-order chi connectivity index (χ0) is 12.5. The van der Waals surface area contributed by atoms with E-state index in [9.17, 15) is 4.79 Å². The summed E-state index contributed by atoms with van der Waals surface area (Å²) in [6, 6.07) is 11.0. The van der Waals surface area contributed by atoms with E-state index < -0.39 is 5.54 Å². The second-order valence-corrected chi connectivity index (χ2v) is 4.57. The van der Waals surface area contributed by atoms with Crippen molar-refractivity contribution in [3.05, 3.63) is 52.6 Å². The number of aromatic amines is 1. The highest BCUT2D eigenvalue weighted by Gasteiger charge is 2.18. The average Bonchev–Trinajstić information content (AvgIpc) is 2.28. The van der Waals surface area contributed by atoms with E-state index in [2.05, 4.69) is 9.97 Å². The Morgan fingerprint density at radius 3 is 2.47 bits per heavy atom. The minimum absolute atomic E-state index is 0.188. The van der Waals surface area contributed by atoms with Crippen LogP contribution < -0.4 is 11.3 Å². The summed E-state index contributed by atoms with van der Waals surface area (Å²) in [4.78, 5) is 18.6. The van der Waals surface area contributed by atoms with Gasteiger partial charge in [-0.1, -0.05) is 30.3 Å². The second kappa shape index (κ2) is 4.14. The molecular weight excluding hydrogens is 214 g/mol. The monoisotopic (exact) mass is 229 g/mol. The highest BCUT2D eigenvalue weighted by atomic mass is 16.1. The van der Waals surface area contributed by atoms with Gasteiger partial charge >= 0.3 is 0 Å². The molecule has 0 aliphatic carbocycles. The van der Waals surface area contributed by atoms with Crippen molar-refractivity contribution in [1.29, 1.82) is 0 Å². The zero-order valence-corrected chi connectivity index (χ0v) is 9.90. The average molecular weight is 229 g/mol. The Morgan fingerprint density at radius 1 is 1.24 bits per heavy atom. The summed E-state index contributed by atoms with van der Waals surface area (Å²) in [5.74, 6) is 0.490. The van der Waals surface area contributed by atoms with Crippen LogP contribution in [0.1, 0.15) is 19.7 Å². The third kappa shape index (κ3) is 2.60. The van der Waals surface area contributed by atoms with Crippen molar-refractivity contribution in [2.75, 3.05) is 0 Å². The first-order valence-electron chi connectivity index (χ1n) is 5.43. The molecule has 0 spiro atoms. The van der Waals surface area contributed by atoms with E-state index in [1.165, 1.54) is 6.07 Å². The highest BCUT2D eigenvalue weighted by molar-refractivity contribution is 5.58. The van der Waals surface area contributed by atoms with Gasteiger partial charge in [-0.2, -0.15) is 0 Å². The molecule has 0 unspecified atom stereocenters. The van der Waals surface area contributed by atoms with Gasteiger partial charge in [-0.15, -0.1) is 0 Å². The molecule has 0 aliphatic heterocycles. The molecule has 2 rings (SSSR count). The van der Waals surface area contributed by atoms with Crippen LogP contribution in [0, 0.1) is 0 Å². The molecule has 17 heavy (non-hydrogen) atoms. The molecule has 0 saturated carbocycles. The Bertz CT molecular complexity index is 567. The summed E-state index contributed by atoms with van der Waals surface area (Å²) >= 11 is 0. The van der Waals surface area contributed by atoms with E-state index >= 15 is 0 Å². The summed E-state index contributed by atoms with van der Waals surface area (Å²) in [6.45, 7) is 3.61. The van der Waals surface area contributed by atoms with Gasteiger partial charge in [0.1, 0.15) is 5.82 Å². The van der Waals surface area contributed by atoms with Crippen LogP contribution >= 0.6 is 0 Å². The van der Waals surface area contributed by atoms with Gasteiger partial charge in [0.25, 0.3) is 5.56 Å². The van der Waals surface area contributed by atoms with E-state index in [0.29, 0.717) is 11.5 Å². The fourth-order valence-electron chi connectivity index (χ4n) is 1.52. The summed E-state index contributed by atoms with van der Waals surface area (Å²) in [5, 5.41) is 0. The number of nitrogens with one attached hydrogen (secondary N) is 1. The lowest BCUT2D eigenvalue weighted by molar-refractivity contribution is 0.512. The van der Waals surface area contributed by atoms with Crippen LogP contribution in [-0.2, 0) is 5.54 Å². The third-order valence-corrected chi connectivity index (χ3v) is 2.42. The maximum absolute atomic E-state index is 11.6. The molecule has 3 N–H and O–H groups in total. The molecule has 0 radical (unpaired) electrons. The Balaban J connectivity index is 2.58. The number of nitrogens with two attached hydrogens (primary N) is 1. The predicted octanol–water partition coefficient (Wildman–Crippen LogP) is 1.63. The normalized spacial score (nSPS) is 11.5. The maximum atomic E-state index is 11.6. The smallest absolute Gasteiger partial charge is 0.251 e. The van der Waals surface area contributed by atoms with Crippen molar-refractivity contribution in [2.45, 2.75) is 19.4 Å². The minimum atomic E-state index is -0.663. The molecule has 2 aromatic rings. The molecule has 1 aromatic heterocycles. The molecule has 0 atom stereocenters. The quantitative estimate of drug-likeness (QED) is 0.822. The molecule has 0 aliphatic rings. The molecule has 4 nitrogen and oxygen atoms in total. The Hall–Kier alpha value is -1.94. The highest BCUT2D eigenvalue weighted by Crippen LogP contribution is 2.17. The van der Waals surface area contributed by atoms with Crippen molar-refractivity contribution < 1.29 is 0 Å².